The Labute approximate surface area is 32.0 Å². The molecule has 0 fully saturated rings. The molecule has 28 valence electrons. The maximum absolute atomic E-state index is 4.53. The molecule has 1 aliphatic heterocycles. The monoisotopic (exact) mass is 89.0 g/mol. The number of hydrogen-bond acceptors (Lipinski definition) is 2. The molecule has 0 spiro atoms. The van der Waals surface area contributed by atoms with Gasteiger partial charge in [0.05, 0.1) is 5.96 Å². The topological polar surface area (TPSA) is 21.6 Å². The van der Waals surface area contributed by atoms with Crippen LogP contribution in [0.5, 0.6) is 0 Å². The maximum Gasteiger partial charge on any atom is 0.137 e. The molecule has 0 aromatic heterocycles. The van der Waals surface area contributed by atoms with E-state index in [2.05, 4.69) is 9.99 Å². The van der Waals surface area contributed by atoms with Crippen molar-refractivity contribution >= 4 is 14.5 Å². The second kappa shape index (κ2) is 1.37. The van der Waals surface area contributed by atoms with Crippen LogP contribution < -0.4 is 0 Å². The first-order valence-electron chi connectivity index (χ1n) is 1.37. The van der Waals surface area contributed by atoms with Crippen LogP contribution in [-0.2, 0) is 4.84 Å². The SMILES string of the molecule is C1=NOCP1. The summed E-state index contributed by atoms with van der Waals surface area (Å²) in [6.07, 6.45) is 0.806. The van der Waals surface area contributed by atoms with Crippen LogP contribution in [0.15, 0.2) is 5.16 Å². The summed E-state index contributed by atoms with van der Waals surface area (Å²) in [7, 11) is 0.795. The van der Waals surface area contributed by atoms with Crippen molar-refractivity contribution in [1.82, 2.24) is 0 Å². The summed E-state index contributed by atoms with van der Waals surface area (Å²) in [6.45, 7) is 0. The van der Waals surface area contributed by atoms with E-state index in [1.165, 1.54) is 0 Å². The molecule has 0 aromatic carbocycles. The van der Waals surface area contributed by atoms with Gasteiger partial charge in [-0.05, 0) is 8.58 Å². The van der Waals surface area contributed by atoms with Crippen molar-refractivity contribution in [2.24, 2.45) is 5.16 Å². The Balaban J connectivity index is 2.32. The van der Waals surface area contributed by atoms with Crippen LogP contribution in [0.3, 0.4) is 0 Å². The van der Waals surface area contributed by atoms with Gasteiger partial charge in [-0.25, -0.2) is 0 Å². The van der Waals surface area contributed by atoms with E-state index >= 15 is 0 Å². The van der Waals surface area contributed by atoms with Gasteiger partial charge in [-0.1, -0.05) is 5.16 Å². The second-order valence-electron chi connectivity index (χ2n) is 0.712. The number of hydrogen-bond donors (Lipinski definition) is 0. The Morgan fingerprint density at radius 2 is 3.00 bits per heavy atom. The van der Waals surface area contributed by atoms with Crippen molar-refractivity contribution in [3.63, 3.8) is 0 Å². The molecule has 1 aliphatic rings. The third-order valence-electron chi connectivity index (χ3n) is 0.366. The fourth-order valence-electron chi connectivity index (χ4n) is 0.186. The standard InChI is InChI=1S/C2H4NOP/c1-3-4-2-5-1/h1,5H,2H2. The summed E-state index contributed by atoms with van der Waals surface area (Å²) in [6, 6.07) is 0. The highest BCUT2D eigenvalue weighted by Gasteiger charge is 1.85. The van der Waals surface area contributed by atoms with Gasteiger partial charge in [0.25, 0.3) is 0 Å². The first-order valence-corrected chi connectivity index (χ1v) is 2.66. The summed E-state index contributed by atoms with van der Waals surface area (Å²) < 4.78 is 0. The highest BCUT2D eigenvalue weighted by Crippen LogP contribution is 2.10. The minimum absolute atomic E-state index is 0.795. The molecule has 1 heterocycles. The summed E-state index contributed by atoms with van der Waals surface area (Å²) >= 11 is 0. The largest absolute Gasteiger partial charge is 0.391 e. The van der Waals surface area contributed by atoms with Crippen LogP contribution in [0.1, 0.15) is 0 Å². The Bertz CT molecular complexity index is 47.6. The van der Waals surface area contributed by atoms with Crippen molar-refractivity contribution in [2.75, 3.05) is 6.35 Å². The molecule has 0 aliphatic carbocycles. The lowest BCUT2D eigenvalue weighted by atomic mass is 11.7. The van der Waals surface area contributed by atoms with Gasteiger partial charge in [0, 0.05) is 0 Å². The lowest BCUT2D eigenvalue weighted by molar-refractivity contribution is 0.204. The zero-order chi connectivity index (χ0) is 3.54. The van der Waals surface area contributed by atoms with E-state index in [1.54, 1.807) is 5.96 Å². The molecule has 3 heteroatoms. The summed E-state index contributed by atoms with van der Waals surface area (Å²) in [5.74, 6) is 1.79. The van der Waals surface area contributed by atoms with Crippen LogP contribution in [0.2, 0.25) is 0 Å². The minimum Gasteiger partial charge on any atom is -0.391 e. The van der Waals surface area contributed by atoms with Crippen molar-refractivity contribution < 1.29 is 4.84 Å². The molecule has 1 unspecified atom stereocenters. The normalized spacial score (nSPS) is 24.0. The predicted octanol–water partition coefficient (Wildman–Crippen LogP) is 0.596. The fraction of sp³-hybridized carbons (Fsp3) is 0.500. The average Bonchev–Trinajstić information content (AvgIpc) is 1.76. The molecular formula is C2H4NOP. The van der Waals surface area contributed by atoms with Crippen LogP contribution in [0.4, 0.5) is 0 Å². The second-order valence-corrected chi connectivity index (χ2v) is 1.67. The third kappa shape index (κ3) is 0.586. The van der Waals surface area contributed by atoms with E-state index in [0.29, 0.717) is 0 Å². The zero-order valence-corrected chi connectivity index (χ0v) is 3.64. The lowest BCUT2D eigenvalue weighted by Crippen LogP contribution is -1.62. The quantitative estimate of drug-likeness (QED) is 0.398. The molecule has 1 atom stereocenters. The van der Waals surface area contributed by atoms with Gasteiger partial charge in [0.1, 0.15) is 6.35 Å². The van der Waals surface area contributed by atoms with Crippen LogP contribution in [0, 0.1) is 0 Å². The van der Waals surface area contributed by atoms with E-state index in [1.807, 2.05) is 0 Å². The van der Waals surface area contributed by atoms with E-state index in [0.717, 1.165) is 14.9 Å². The number of oxime groups is 1. The third-order valence-corrected chi connectivity index (χ3v) is 0.950. The molecular weight excluding hydrogens is 85.0 g/mol. The molecule has 0 bridgehead atoms. The van der Waals surface area contributed by atoms with E-state index in [-0.39, 0.29) is 0 Å². The van der Waals surface area contributed by atoms with Gasteiger partial charge in [-0.15, -0.1) is 0 Å². The van der Waals surface area contributed by atoms with E-state index < -0.39 is 0 Å². The zero-order valence-electron chi connectivity index (χ0n) is 2.64. The maximum atomic E-state index is 4.53. The lowest BCUT2D eigenvalue weighted by Gasteiger charge is -1.75. The summed E-state index contributed by atoms with van der Waals surface area (Å²) in [5.41, 5.74) is 0. The van der Waals surface area contributed by atoms with Gasteiger partial charge < -0.3 is 4.84 Å². The molecule has 0 saturated heterocycles. The number of nitrogens with zero attached hydrogens (tertiary/aromatic N) is 1. The van der Waals surface area contributed by atoms with Gasteiger partial charge in [-0.3, -0.25) is 0 Å². The Kier molecular flexibility index (Phi) is 0.848. The Morgan fingerprint density at radius 3 is 3.20 bits per heavy atom. The van der Waals surface area contributed by atoms with Crippen LogP contribution >= 0.6 is 8.58 Å². The molecule has 0 aromatic rings. The average molecular weight is 89.0 g/mol. The fourth-order valence-corrected chi connectivity index (χ4v) is 0.559. The van der Waals surface area contributed by atoms with Gasteiger partial charge in [0.15, 0.2) is 0 Å². The smallest absolute Gasteiger partial charge is 0.137 e. The van der Waals surface area contributed by atoms with Gasteiger partial charge in [-0.2, -0.15) is 0 Å². The van der Waals surface area contributed by atoms with E-state index in [9.17, 15) is 0 Å². The van der Waals surface area contributed by atoms with Crippen molar-refractivity contribution in [3.8, 4) is 0 Å². The number of rotatable bonds is 0. The Hall–Kier alpha value is -0.100. The van der Waals surface area contributed by atoms with E-state index in [4.69, 9.17) is 0 Å². The first kappa shape index (κ1) is 3.10. The summed E-state index contributed by atoms with van der Waals surface area (Å²) in [5, 5.41) is 3.47. The molecule has 0 amide bonds. The molecule has 5 heavy (non-hydrogen) atoms. The van der Waals surface area contributed by atoms with Crippen molar-refractivity contribution in [1.29, 1.82) is 0 Å². The molecule has 1 rings (SSSR count). The highest BCUT2D eigenvalue weighted by atomic mass is 31.1. The predicted molar refractivity (Wildman–Crippen MR) is 22.8 cm³/mol. The van der Waals surface area contributed by atoms with Crippen molar-refractivity contribution in [2.45, 2.75) is 0 Å². The first-order chi connectivity index (χ1) is 2.50. The highest BCUT2D eigenvalue weighted by molar-refractivity contribution is 7.55. The minimum atomic E-state index is 0.795. The molecule has 0 N–H and O–H groups in total. The molecule has 2 nitrogen and oxygen atoms in total. The van der Waals surface area contributed by atoms with Gasteiger partial charge in [0.2, 0.25) is 0 Å². The summed E-state index contributed by atoms with van der Waals surface area (Å²) in [4.78, 5) is 4.53. The van der Waals surface area contributed by atoms with Crippen LogP contribution in [0.25, 0.3) is 0 Å². The molecule has 0 radical (unpaired) electrons. The van der Waals surface area contributed by atoms with Crippen LogP contribution in [-0.4, -0.2) is 12.3 Å². The Morgan fingerprint density at radius 1 is 2.00 bits per heavy atom. The molecule has 0 saturated carbocycles. The van der Waals surface area contributed by atoms with Gasteiger partial charge >= 0.3 is 0 Å². The van der Waals surface area contributed by atoms with Crippen molar-refractivity contribution in [3.05, 3.63) is 0 Å².